The number of amides is 1. The number of rotatable bonds is 6. The number of carbonyl (C=O) groups is 1. The highest BCUT2D eigenvalue weighted by Crippen LogP contribution is 2.18. The minimum Gasteiger partial charge on any atom is -0.333 e. The maximum atomic E-state index is 12.1. The molecular weight excluding hydrogens is 360 g/mol. The number of benzene rings is 2. The number of hydrogen-bond donors (Lipinski definition) is 3. The Balaban J connectivity index is 1.54. The molecule has 0 spiro atoms. The van der Waals surface area contributed by atoms with Gasteiger partial charge < -0.3 is 4.98 Å². The fraction of sp³-hybridized carbons (Fsp3) is 0.125. The smallest absolute Gasteiger partial charge is 0.257 e. The van der Waals surface area contributed by atoms with Gasteiger partial charge in [-0.05, 0) is 31.2 Å². The Hall–Kier alpha value is -2.36. The van der Waals surface area contributed by atoms with Crippen molar-refractivity contribution < 1.29 is 13.2 Å². The number of nitrogens with one attached hydrogen (secondary N) is 3. The van der Waals surface area contributed by atoms with Crippen LogP contribution in [-0.2, 0) is 14.8 Å². The molecule has 7 nitrogen and oxygen atoms in total. The van der Waals surface area contributed by atoms with Crippen molar-refractivity contribution in [1.29, 1.82) is 0 Å². The second-order valence-corrected chi connectivity index (χ2v) is 7.96. The number of carbonyl (C=O) groups excluding carboxylic acids is 1. The molecule has 9 heteroatoms. The lowest BCUT2D eigenvalue weighted by atomic mass is 10.2. The molecule has 3 N–H and O–H groups in total. The van der Waals surface area contributed by atoms with Crippen LogP contribution in [0.2, 0.25) is 0 Å². The molecule has 0 saturated heterocycles. The largest absolute Gasteiger partial charge is 0.333 e. The summed E-state index contributed by atoms with van der Waals surface area (Å²) in [6.45, 7) is 1.86. The molecule has 2 aromatic carbocycles. The molecule has 3 rings (SSSR count). The monoisotopic (exact) mass is 376 g/mol. The van der Waals surface area contributed by atoms with Gasteiger partial charge in [0.1, 0.15) is 0 Å². The Morgan fingerprint density at radius 2 is 1.88 bits per heavy atom. The Bertz CT molecular complexity index is 965. The van der Waals surface area contributed by atoms with Gasteiger partial charge in [-0.1, -0.05) is 41.6 Å². The van der Waals surface area contributed by atoms with Crippen molar-refractivity contribution >= 4 is 38.7 Å². The predicted molar refractivity (Wildman–Crippen MR) is 96.5 cm³/mol. The number of hydrogen-bond acceptors (Lipinski definition) is 5. The van der Waals surface area contributed by atoms with Gasteiger partial charge in [-0.15, -0.1) is 4.83 Å². The van der Waals surface area contributed by atoms with Crippen LogP contribution in [-0.4, -0.2) is 30.0 Å². The molecule has 1 heterocycles. The zero-order valence-corrected chi connectivity index (χ0v) is 14.9. The van der Waals surface area contributed by atoms with Gasteiger partial charge in [-0.25, -0.2) is 13.4 Å². The molecule has 0 bridgehead atoms. The highest BCUT2D eigenvalue weighted by Gasteiger charge is 2.15. The Morgan fingerprint density at radius 3 is 2.60 bits per heavy atom. The highest BCUT2D eigenvalue weighted by atomic mass is 32.2. The van der Waals surface area contributed by atoms with E-state index in [2.05, 4.69) is 20.2 Å². The summed E-state index contributed by atoms with van der Waals surface area (Å²) in [5.41, 5.74) is 4.84. The number of aromatic amines is 1. The van der Waals surface area contributed by atoms with Crippen LogP contribution in [0, 0.1) is 6.92 Å². The maximum Gasteiger partial charge on any atom is 0.257 e. The van der Waals surface area contributed by atoms with E-state index in [1.165, 1.54) is 23.9 Å². The third-order valence-electron chi connectivity index (χ3n) is 3.36. The molecule has 0 radical (unpaired) electrons. The van der Waals surface area contributed by atoms with Crippen LogP contribution in [0.25, 0.3) is 11.0 Å². The molecule has 0 aliphatic rings. The first-order chi connectivity index (χ1) is 11.9. The molecule has 0 saturated carbocycles. The molecule has 0 aliphatic heterocycles. The number of nitrogens with zero attached hydrogens (tertiary/aromatic N) is 1. The topological polar surface area (TPSA) is 104 Å². The van der Waals surface area contributed by atoms with Crippen LogP contribution in [0.1, 0.15) is 5.56 Å². The summed E-state index contributed by atoms with van der Waals surface area (Å²) in [7, 11) is -3.79. The number of imidazole rings is 1. The van der Waals surface area contributed by atoms with Crippen molar-refractivity contribution in [3.8, 4) is 0 Å². The third kappa shape index (κ3) is 4.38. The minimum absolute atomic E-state index is 0.0240. The van der Waals surface area contributed by atoms with Crippen LogP contribution in [0.15, 0.2) is 58.6 Å². The lowest BCUT2D eigenvalue weighted by Gasteiger charge is -2.08. The zero-order valence-electron chi connectivity index (χ0n) is 13.3. The fourth-order valence-electron chi connectivity index (χ4n) is 2.07. The molecule has 0 atom stereocenters. The van der Waals surface area contributed by atoms with E-state index in [9.17, 15) is 13.2 Å². The Kier molecular flexibility index (Phi) is 5.07. The number of para-hydroxylation sites is 2. The van der Waals surface area contributed by atoms with E-state index < -0.39 is 15.9 Å². The second-order valence-electron chi connectivity index (χ2n) is 5.31. The van der Waals surface area contributed by atoms with Gasteiger partial charge in [0.05, 0.1) is 21.7 Å². The summed E-state index contributed by atoms with van der Waals surface area (Å²) in [4.78, 5) is 21.5. The van der Waals surface area contributed by atoms with Crippen molar-refractivity contribution in [3.05, 3.63) is 54.1 Å². The molecule has 1 aromatic heterocycles. The number of aryl methyl sites for hydroxylation is 1. The van der Waals surface area contributed by atoms with Crippen LogP contribution in [0.3, 0.4) is 0 Å². The summed E-state index contributed by atoms with van der Waals surface area (Å²) >= 11 is 1.19. The standard InChI is InChI=1S/C16H16N4O3S2/c1-11-6-8-12(9-7-11)25(22,23)20-19-15(21)10-24-16-17-13-4-2-3-5-14(13)18-16/h2-9,20H,10H2,1H3,(H,17,18)(H,19,21). The van der Waals surface area contributed by atoms with Crippen molar-refractivity contribution in [2.24, 2.45) is 0 Å². The zero-order chi connectivity index (χ0) is 17.9. The first-order valence-electron chi connectivity index (χ1n) is 7.39. The number of H-pyrrole nitrogens is 1. The molecule has 0 aliphatic carbocycles. The number of thioether (sulfide) groups is 1. The van der Waals surface area contributed by atoms with E-state index in [1.54, 1.807) is 12.1 Å². The van der Waals surface area contributed by atoms with Gasteiger partial charge in [-0.2, -0.15) is 0 Å². The van der Waals surface area contributed by atoms with Crippen LogP contribution < -0.4 is 10.3 Å². The SMILES string of the molecule is Cc1ccc(S(=O)(=O)NNC(=O)CSc2nc3ccccc3[nH]2)cc1. The third-order valence-corrected chi connectivity index (χ3v) is 5.50. The predicted octanol–water partition coefficient (Wildman–Crippen LogP) is 1.97. The van der Waals surface area contributed by atoms with Crippen molar-refractivity contribution in [2.75, 3.05) is 5.75 Å². The molecule has 0 fully saturated rings. The number of fused-ring (bicyclic) bond motifs is 1. The molecule has 3 aromatic rings. The molecular formula is C16H16N4O3S2. The van der Waals surface area contributed by atoms with Crippen molar-refractivity contribution in [3.63, 3.8) is 0 Å². The summed E-state index contributed by atoms with van der Waals surface area (Å²) in [5, 5.41) is 0.595. The van der Waals surface area contributed by atoms with E-state index >= 15 is 0 Å². The van der Waals surface area contributed by atoms with Crippen LogP contribution in [0.4, 0.5) is 0 Å². The summed E-state index contributed by atoms with van der Waals surface area (Å²) < 4.78 is 24.2. The van der Waals surface area contributed by atoms with Gasteiger partial charge in [0.25, 0.3) is 10.0 Å². The number of hydrazine groups is 1. The molecule has 25 heavy (non-hydrogen) atoms. The van der Waals surface area contributed by atoms with Gasteiger partial charge in [0, 0.05) is 0 Å². The van der Waals surface area contributed by atoms with E-state index in [0.29, 0.717) is 5.16 Å². The van der Waals surface area contributed by atoms with Gasteiger partial charge >= 0.3 is 0 Å². The van der Waals surface area contributed by atoms with E-state index in [1.807, 2.05) is 31.2 Å². The minimum atomic E-state index is -3.79. The molecule has 1 amide bonds. The Morgan fingerprint density at radius 1 is 1.16 bits per heavy atom. The summed E-state index contributed by atoms with van der Waals surface area (Å²) in [6, 6.07) is 13.9. The lowest BCUT2D eigenvalue weighted by Crippen LogP contribution is -2.42. The van der Waals surface area contributed by atoms with Crippen LogP contribution >= 0.6 is 11.8 Å². The first-order valence-corrected chi connectivity index (χ1v) is 9.86. The molecule has 0 unspecified atom stereocenters. The van der Waals surface area contributed by atoms with Crippen LogP contribution in [0.5, 0.6) is 0 Å². The van der Waals surface area contributed by atoms with Crippen molar-refractivity contribution in [1.82, 2.24) is 20.2 Å². The normalized spacial score (nSPS) is 11.6. The summed E-state index contributed by atoms with van der Waals surface area (Å²) in [6.07, 6.45) is 0. The van der Waals surface area contributed by atoms with E-state index in [4.69, 9.17) is 0 Å². The lowest BCUT2D eigenvalue weighted by molar-refractivity contribution is -0.119. The molecule has 130 valence electrons. The van der Waals surface area contributed by atoms with Gasteiger partial charge in [0.15, 0.2) is 5.16 Å². The number of aromatic nitrogens is 2. The average molecular weight is 376 g/mol. The van der Waals surface area contributed by atoms with E-state index in [0.717, 1.165) is 16.6 Å². The summed E-state index contributed by atoms with van der Waals surface area (Å²) in [5.74, 6) is -0.447. The van der Waals surface area contributed by atoms with Crippen molar-refractivity contribution in [2.45, 2.75) is 17.0 Å². The quantitative estimate of drug-likeness (QED) is 0.451. The maximum absolute atomic E-state index is 12.1. The van der Waals surface area contributed by atoms with E-state index in [-0.39, 0.29) is 10.6 Å². The first kappa shape index (κ1) is 17.5. The van der Waals surface area contributed by atoms with Gasteiger partial charge in [-0.3, -0.25) is 10.2 Å². The Labute approximate surface area is 149 Å². The fourth-order valence-corrected chi connectivity index (χ4v) is 3.61. The number of sulfonamides is 1. The van der Waals surface area contributed by atoms with Gasteiger partial charge in [0.2, 0.25) is 5.91 Å². The highest BCUT2D eigenvalue weighted by molar-refractivity contribution is 7.99. The average Bonchev–Trinajstić information content (AvgIpc) is 3.01. The second kappa shape index (κ2) is 7.26.